The maximum absolute atomic E-state index is 12.0. The zero-order valence-electron chi connectivity index (χ0n) is 13.1. The molecule has 8 nitrogen and oxygen atoms in total. The van der Waals surface area contributed by atoms with E-state index in [1.165, 1.54) is 6.07 Å². The minimum absolute atomic E-state index is 0.157. The summed E-state index contributed by atoms with van der Waals surface area (Å²) in [5.41, 5.74) is 4.38. The highest BCUT2D eigenvalue weighted by molar-refractivity contribution is 6.31. The number of benzene rings is 2. The van der Waals surface area contributed by atoms with Gasteiger partial charge in [0.2, 0.25) is 0 Å². The summed E-state index contributed by atoms with van der Waals surface area (Å²) in [6.45, 7) is 1.50. The zero-order chi connectivity index (χ0) is 18.4. The van der Waals surface area contributed by atoms with Crippen LogP contribution in [0.4, 0.5) is 5.69 Å². The summed E-state index contributed by atoms with van der Waals surface area (Å²) in [4.78, 5) is 34.0. The van der Waals surface area contributed by atoms with Crippen molar-refractivity contribution in [2.75, 3.05) is 6.61 Å². The Morgan fingerprint density at radius 1 is 1.20 bits per heavy atom. The Labute approximate surface area is 147 Å². The van der Waals surface area contributed by atoms with Crippen molar-refractivity contribution < 1.29 is 19.2 Å². The van der Waals surface area contributed by atoms with Crippen LogP contribution in [0.25, 0.3) is 0 Å². The number of halogens is 1. The van der Waals surface area contributed by atoms with Crippen molar-refractivity contribution >= 4 is 29.1 Å². The number of para-hydroxylation sites is 1. The van der Waals surface area contributed by atoms with E-state index in [0.29, 0.717) is 5.75 Å². The second-order valence-electron chi connectivity index (χ2n) is 4.98. The molecule has 0 unspecified atom stereocenters. The highest BCUT2D eigenvalue weighted by atomic mass is 35.5. The molecule has 0 atom stereocenters. The summed E-state index contributed by atoms with van der Waals surface area (Å²) < 4.78 is 5.32. The number of nitro benzene ring substituents is 1. The first-order chi connectivity index (χ1) is 11.9. The number of aryl methyl sites for hydroxylation is 1. The molecule has 2 N–H and O–H groups in total. The number of nitrogens with zero attached hydrogens (tertiary/aromatic N) is 1. The molecule has 0 aliphatic carbocycles. The fourth-order valence-electron chi connectivity index (χ4n) is 1.94. The van der Waals surface area contributed by atoms with Crippen molar-refractivity contribution in [1.29, 1.82) is 0 Å². The third-order valence-electron chi connectivity index (χ3n) is 3.17. The number of nitro groups is 1. The average Bonchev–Trinajstić information content (AvgIpc) is 2.58. The van der Waals surface area contributed by atoms with Gasteiger partial charge in [-0.3, -0.25) is 30.6 Å². The van der Waals surface area contributed by atoms with E-state index in [2.05, 4.69) is 10.9 Å². The molecule has 9 heteroatoms. The third-order valence-corrected chi connectivity index (χ3v) is 3.40. The van der Waals surface area contributed by atoms with Crippen LogP contribution in [0.5, 0.6) is 5.75 Å². The number of hydrogen-bond donors (Lipinski definition) is 2. The van der Waals surface area contributed by atoms with E-state index in [1.54, 1.807) is 12.1 Å². The van der Waals surface area contributed by atoms with Crippen LogP contribution in [0.2, 0.25) is 5.02 Å². The predicted molar refractivity (Wildman–Crippen MR) is 90.4 cm³/mol. The van der Waals surface area contributed by atoms with Crippen LogP contribution in [0.15, 0.2) is 42.5 Å². The van der Waals surface area contributed by atoms with Gasteiger partial charge in [0.25, 0.3) is 17.5 Å². The molecule has 130 valence electrons. The van der Waals surface area contributed by atoms with Gasteiger partial charge in [-0.25, -0.2) is 0 Å². The lowest BCUT2D eigenvalue weighted by Gasteiger charge is -2.10. The molecule has 2 aromatic rings. The van der Waals surface area contributed by atoms with E-state index in [1.807, 2.05) is 19.1 Å². The quantitative estimate of drug-likeness (QED) is 0.626. The molecule has 2 rings (SSSR count). The van der Waals surface area contributed by atoms with Crippen LogP contribution in [0.3, 0.4) is 0 Å². The molecule has 0 aliphatic heterocycles. The summed E-state index contributed by atoms with van der Waals surface area (Å²) in [7, 11) is 0. The molecule has 0 bridgehead atoms. The molecule has 2 amide bonds. The maximum Gasteiger partial charge on any atom is 0.282 e. The number of hydrogen-bond acceptors (Lipinski definition) is 5. The van der Waals surface area contributed by atoms with Gasteiger partial charge in [0.05, 0.1) is 4.92 Å². The van der Waals surface area contributed by atoms with Gasteiger partial charge in [-0.1, -0.05) is 29.8 Å². The number of carbonyl (C=O) groups excluding carboxylic acids is 2. The minimum atomic E-state index is -0.863. The molecular weight excluding hydrogens is 350 g/mol. The van der Waals surface area contributed by atoms with E-state index < -0.39 is 22.4 Å². The molecule has 25 heavy (non-hydrogen) atoms. The van der Waals surface area contributed by atoms with E-state index in [0.717, 1.165) is 17.7 Å². The van der Waals surface area contributed by atoms with Gasteiger partial charge in [-0.2, -0.15) is 0 Å². The first-order valence-electron chi connectivity index (χ1n) is 7.10. The van der Waals surface area contributed by atoms with Crippen LogP contribution in [-0.4, -0.2) is 23.3 Å². The molecule has 0 fully saturated rings. The van der Waals surface area contributed by atoms with E-state index in [-0.39, 0.29) is 17.2 Å². The number of hydrazine groups is 1. The summed E-state index contributed by atoms with van der Waals surface area (Å²) >= 11 is 5.75. The number of amides is 2. The average molecular weight is 364 g/mol. The Hall–Kier alpha value is -3.13. The van der Waals surface area contributed by atoms with Crippen molar-refractivity contribution in [2.45, 2.75) is 6.92 Å². The Bertz CT molecular complexity index is 825. The highest BCUT2D eigenvalue weighted by Gasteiger charge is 2.20. The number of ether oxygens (including phenoxy) is 1. The molecule has 0 aromatic heterocycles. The SMILES string of the molecule is Cc1ccccc1OCC(=O)NNC(=O)c1cc(Cl)ccc1[N+](=O)[O-]. The van der Waals surface area contributed by atoms with Crippen LogP contribution < -0.4 is 15.6 Å². The van der Waals surface area contributed by atoms with Gasteiger partial charge in [0.1, 0.15) is 11.3 Å². The Morgan fingerprint density at radius 2 is 1.92 bits per heavy atom. The normalized spacial score (nSPS) is 10.0. The molecule has 0 saturated heterocycles. The van der Waals surface area contributed by atoms with Crippen LogP contribution >= 0.6 is 11.6 Å². The first-order valence-corrected chi connectivity index (χ1v) is 7.48. The van der Waals surface area contributed by atoms with Gasteiger partial charge >= 0.3 is 0 Å². The summed E-state index contributed by atoms with van der Waals surface area (Å²) in [5.74, 6) is -0.950. The molecule has 0 radical (unpaired) electrons. The minimum Gasteiger partial charge on any atom is -0.483 e. The van der Waals surface area contributed by atoms with Crippen LogP contribution in [-0.2, 0) is 4.79 Å². The molecule has 0 aliphatic rings. The second-order valence-corrected chi connectivity index (χ2v) is 5.41. The Kier molecular flexibility index (Phi) is 5.91. The summed E-state index contributed by atoms with van der Waals surface area (Å²) in [6, 6.07) is 10.7. The molecule has 0 heterocycles. The Morgan fingerprint density at radius 3 is 2.60 bits per heavy atom. The molecule has 0 saturated carbocycles. The number of rotatable bonds is 5. The van der Waals surface area contributed by atoms with Crippen LogP contribution in [0, 0.1) is 17.0 Å². The van der Waals surface area contributed by atoms with Crippen molar-refractivity contribution in [3.05, 3.63) is 68.7 Å². The topological polar surface area (TPSA) is 111 Å². The van der Waals surface area contributed by atoms with Crippen LogP contribution in [0.1, 0.15) is 15.9 Å². The van der Waals surface area contributed by atoms with E-state index in [9.17, 15) is 19.7 Å². The number of carbonyl (C=O) groups is 2. The van der Waals surface area contributed by atoms with Crippen molar-refractivity contribution in [1.82, 2.24) is 10.9 Å². The zero-order valence-corrected chi connectivity index (χ0v) is 13.9. The molecular formula is C16H14ClN3O5. The van der Waals surface area contributed by atoms with Crippen molar-refractivity contribution in [2.24, 2.45) is 0 Å². The number of nitrogens with one attached hydrogen (secondary N) is 2. The maximum atomic E-state index is 12.0. The standard InChI is InChI=1S/C16H14ClN3O5/c1-10-4-2-3-5-14(10)25-9-15(21)18-19-16(22)12-8-11(17)6-7-13(12)20(23)24/h2-8H,9H2,1H3,(H,18,21)(H,19,22). The lowest BCUT2D eigenvalue weighted by Crippen LogP contribution is -2.44. The summed E-state index contributed by atoms with van der Waals surface area (Å²) in [5, 5.41) is 11.1. The van der Waals surface area contributed by atoms with Crippen molar-refractivity contribution in [3.8, 4) is 5.75 Å². The lowest BCUT2D eigenvalue weighted by atomic mass is 10.2. The monoisotopic (exact) mass is 363 g/mol. The second kappa shape index (κ2) is 8.11. The highest BCUT2D eigenvalue weighted by Crippen LogP contribution is 2.22. The fraction of sp³-hybridized carbons (Fsp3) is 0.125. The first kappa shape index (κ1) is 18.2. The predicted octanol–water partition coefficient (Wildman–Crippen LogP) is 2.40. The smallest absolute Gasteiger partial charge is 0.282 e. The lowest BCUT2D eigenvalue weighted by molar-refractivity contribution is -0.385. The van der Waals surface area contributed by atoms with Gasteiger partial charge in [-0.05, 0) is 30.7 Å². The van der Waals surface area contributed by atoms with Gasteiger partial charge in [0, 0.05) is 11.1 Å². The Balaban J connectivity index is 1.94. The molecule has 2 aromatic carbocycles. The fourth-order valence-corrected chi connectivity index (χ4v) is 2.11. The van der Waals surface area contributed by atoms with E-state index in [4.69, 9.17) is 16.3 Å². The summed E-state index contributed by atoms with van der Waals surface area (Å²) in [6.07, 6.45) is 0. The van der Waals surface area contributed by atoms with Gasteiger partial charge < -0.3 is 4.74 Å². The largest absolute Gasteiger partial charge is 0.483 e. The van der Waals surface area contributed by atoms with Crippen molar-refractivity contribution in [3.63, 3.8) is 0 Å². The third kappa shape index (κ3) is 4.92. The van der Waals surface area contributed by atoms with Gasteiger partial charge in [0.15, 0.2) is 6.61 Å². The van der Waals surface area contributed by atoms with E-state index >= 15 is 0 Å². The van der Waals surface area contributed by atoms with Gasteiger partial charge in [-0.15, -0.1) is 0 Å². The molecule has 0 spiro atoms.